The van der Waals surface area contributed by atoms with Crippen LogP contribution in [0.5, 0.6) is 0 Å². The van der Waals surface area contributed by atoms with E-state index in [1.807, 2.05) is 36.4 Å². The van der Waals surface area contributed by atoms with E-state index in [4.69, 9.17) is 5.26 Å². The molecule has 2 rings (SSSR count). The molecule has 1 amide bonds. The summed E-state index contributed by atoms with van der Waals surface area (Å²) in [6.07, 6.45) is 0. The Balaban J connectivity index is 2.05. The molecule has 0 spiro atoms. The van der Waals surface area contributed by atoms with Gasteiger partial charge in [0.05, 0.1) is 18.2 Å². The van der Waals surface area contributed by atoms with Gasteiger partial charge in [0.1, 0.15) is 5.60 Å². The number of hydrogen-bond donors (Lipinski definition) is 2. The Labute approximate surface area is 123 Å². The first-order valence-electron chi connectivity index (χ1n) is 6.59. The third kappa shape index (κ3) is 3.68. The smallest absolute Gasteiger partial charge is 0.251 e. The summed E-state index contributed by atoms with van der Waals surface area (Å²) in [6, 6.07) is 17.6. The highest BCUT2D eigenvalue weighted by molar-refractivity contribution is 5.94. The van der Waals surface area contributed by atoms with Gasteiger partial charge in [-0.05, 0) is 30.7 Å². The molecule has 106 valence electrons. The van der Waals surface area contributed by atoms with E-state index in [9.17, 15) is 9.90 Å². The molecule has 0 aliphatic heterocycles. The second kappa shape index (κ2) is 6.21. The van der Waals surface area contributed by atoms with Gasteiger partial charge in [0.25, 0.3) is 5.91 Å². The highest BCUT2D eigenvalue weighted by atomic mass is 16.3. The lowest BCUT2D eigenvalue weighted by Crippen LogP contribution is -2.38. The van der Waals surface area contributed by atoms with Gasteiger partial charge < -0.3 is 10.4 Å². The number of carbonyl (C=O) groups is 1. The lowest BCUT2D eigenvalue weighted by atomic mass is 9.96. The number of benzene rings is 2. The average molecular weight is 280 g/mol. The van der Waals surface area contributed by atoms with Crippen LogP contribution in [0.15, 0.2) is 54.6 Å². The highest BCUT2D eigenvalue weighted by Crippen LogP contribution is 2.19. The fourth-order valence-corrected chi connectivity index (χ4v) is 1.98. The Kier molecular flexibility index (Phi) is 4.36. The number of nitrogens with zero attached hydrogens (tertiary/aromatic N) is 1. The van der Waals surface area contributed by atoms with E-state index < -0.39 is 5.60 Å². The van der Waals surface area contributed by atoms with Crippen molar-refractivity contribution in [1.82, 2.24) is 5.32 Å². The largest absolute Gasteiger partial charge is 0.384 e. The van der Waals surface area contributed by atoms with Gasteiger partial charge in [-0.3, -0.25) is 4.79 Å². The Morgan fingerprint density at radius 2 is 1.95 bits per heavy atom. The Morgan fingerprint density at radius 1 is 1.24 bits per heavy atom. The van der Waals surface area contributed by atoms with Crippen LogP contribution in [0.3, 0.4) is 0 Å². The number of nitrogens with one attached hydrogen (secondary N) is 1. The van der Waals surface area contributed by atoms with Crippen LogP contribution < -0.4 is 5.32 Å². The third-order valence-electron chi connectivity index (χ3n) is 3.24. The van der Waals surface area contributed by atoms with Crippen LogP contribution in [0.25, 0.3) is 0 Å². The molecular formula is C17H16N2O2. The number of hydrogen-bond acceptors (Lipinski definition) is 3. The second-order valence-corrected chi connectivity index (χ2v) is 5.02. The molecule has 4 nitrogen and oxygen atoms in total. The van der Waals surface area contributed by atoms with Crippen LogP contribution in [-0.4, -0.2) is 17.6 Å². The van der Waals surface area contributed by atoms with Crippen LogP contribution >= 0.6 is 0 Å². The number of rotatable bonds is 4. The molecule has 0 aliphatic carbocycles. The van der Waals surface area contributed by atoms with Crippen LogP contribution in [0.1, 0.15) is 28.4 Å². The van der Waals surface area contributed by atoms with E-state index in [1.165, 1.54) is 6.07 Å². The second-order valence-electron chi connectivity index (χ2n) is 5.02. The minimum absolute atomic E-state index is 0.0899. The van der Waals surface area contributed by atoms with E-state index in [0.717, 1.165) is 5.56 Å². The number of aliphatic hydroxyl groups is 1. The van der Waals surface area contributed by atoms with Gasteiger partial charge in [-0.2, -0.15) is 5.26 Å². The molecule has 0 fully saturated rings. The lowest BCUT2D eigenvalue weighted by molar-refractivity contribution is 0.0526. The standard InChI is InChI=1S/C17H16N2O2/c1-17(21,15-8-3-2-4-9-15)12-19-16(20)14-7-5-6-13(10-14)11-18/h2-10,21H,12H2,1H3,(H,19,20). The molecule has 0 heterocycles. The van der Waals surface area contributed by atoms with Gasteiger partial charge in [0, 0.05) is 5.56 Å². The summed E-state index contributed by atoms with van der Waals surface area (Å²) in [6.45, 7) is 1.74. The minimum atomic E-state index is -1.15. The van der Waals surface area contributed by atoms with Crippen molar-refractivity contribution in [3.05, 3.63) is 71.3 Å². The summed E-state index contributed by atoms with van der Waals surface area (Å²) in [4.78, 5) is 12.1. The first-order valence-corrected chi connectivity index (χ1v) is 6.59. The molecule has 2 N–H and O–H groups in total. The van der Waals surface area contributed by atoms with E-state index in [2.05, 4.69) is 5.32 Å². The summed E-state index contributed by atoms with van der Waals surface area (Å²) in [7, 11) is 0. The zero-order valence-electron chi connectivity index (χ0n) is 11.7. The van der Waals surface area contributed by atoms with Crippen molar-refractivity contribution in [2.75, 3.05) is 6.54 Å². The van der Waals surface area contributed by atoms with E-state index in [1.54, 1.807) is 25.1 Å². The summed E-state index contributed by atoms with van der Waals surface area (Å²) in [5, 5.41) is 21.9. The number of nitriles is 1. The average Bonchev–Trinajstić information content (AvgIpc) is 2.53. The molecule has 2 aromatic rings. The molecule has 2 aromatic carbocycles. The summed E-state index contributed by atoms with van der Waals surface area (Å²) in [5.41, 5.74) is 0.412. The molecule has 21 heavy (non-hydrogen) atoms. The van der Waals surface area contributed by atoms with Gasteiger partial charge >= 0.3 is 0 Å². The molecule has 0 aliphatic rings. The highest BCUT2D eigenvalue weighted by Gasteiger charge is 2.23. The quantitative estimate of drug-likeness (QED) is 0.901. The first kappa shape index (κ1) is 14.8. The summed E-state index contributed by atoms with van der Waals surface area (Å²) in [5.74, 6) is -0.316. The van der Waals surface area contributed by atoms with Gasteiger partial charge in [0.15, 0.2) is 0 Å². The minimum Gasteiger partial charge on any atom is -0.384 e. The van der Waals surface area contributed by atoms with Crippen molar-refractivity contribution in [1.29, 1.82) is 5.26 Å². The zero-order valence-corrected chi connectivity index (χ0v) is 11.7. The van der Waals surface area contributed by atoms with Crippen LogP contribution in [0, 0.1) is 11.3 Å². The molecule has 0 bridgehead atoms. The molecule has 0 aromatic heterocycles. The van der Waals surface area contributed by atoms with Crippen LogP contribution in [-0.2, 0) is 5.60 Å². The fraction of sp³-hybridized carbons (Fsp3) is 0.176. The van der Waals surface area contributed by atoms with Crippen molar-refractivity contribution in [3.8, 4) is 6.07 Å². The van der Waals surface area contributed by atoms with Crippen molar-refractivity contribution < 1.29 is 9.90 Å². The predicted octanol–water partition coefficient (Wildman–Crippen LogP) is 2.20. The SMILES string of the molecule is CC(O)(CNC(=O)c1cccc(C#N)c1)c1ccccc1. The van der Waals surface area contributed by atoms with Gasteiger partial charge in [-0.25, -0.2) is 0 Å². The first-order chi connectivity index (χ1) is 10.0. The normalized spacial score (nSPS) is 13.0. The van der Waals surface area contributed by atoms with Crippen molar-refractivity contribution in [3.63, 3.8) is 0 Å². The van der Waals surface area contributed by atoms with Gasteiger partial charge in [0.2, 0.25) is 0 Å². The fourth-order valence-electron chi connectivity index (χ4n) is 1.98. The number of carbonyl (C=O) groups excluding carboxylic acids is 1. The summed E-state index contributed by atoms with van der Waals surface area (Å²) >= 11 is 0. The molecular weight excluding hydrogens is 264 g/mol. The third-order valence-corrected chi connectivity index (χ3v) is 3.24. The lowest BCUT2D eigenvalue weighted by Gasteiger charge is -2.24. The zero-order chi connectivity index (χ0) is 15.3. The Morgan fingerprint density at radius 3 is 2.62 bits per heavy atom. The van der Waals surface area contributed by atoms with Crippen molar-refractivity contribution >= 4 is 5.91 Å². The van der Waals surface area contributed by atoms with E-state index in [0.29, 0.717) is 11.1 Å². The van der Waals surface area contributed by atoms with E-state index >= 15 is 0 Å². The molecule has 1 unspecified atom stereocenters. The van der Waals surface area contributed by atoms with Crippen LogP contribution in [0.4, 0.5) is 0 Å². The molecule has 0 saturated heterocycles. The summed E-state index contributed by atoms with van der Waals surface area (Å²) < 4.78 is 0. The Bertz CT molecular complexity index is 673. The van der Waals surface area contributed by atoms with Crippen LogP contribution in [0.2, 0.25) is 0 Å². The maximum absolute atomic E-state index is 12.1. The van der Waals surface area contributed by atoms with Gasteiger partial charge in [-0.15, -0.1) is 0 Å². The van der Waals surface area contributed by atoms with Crippen molar-refractivity contribution in [2.45, 2.75) is 12.5 Å². The topological polar surface area (TPSA) is 73.1 Å². The maximum Gasteiger partial charge on any atom is 0.251 e. The molecule has 1 atom stereocenters. The monoisotopic (exact) mass is 280 g/mol. The van der Waals surface area contributed by atoms with Crippen molar-refractivity contribution in [2.24, 2.45) is 0 Å². The molecule has 4 heteroatoms. The van der Waals surface area contributed by atoms with E-state index in [-0.39, 0.29) is 12.5 Å². The molecule has 0 saturated carbocycles. The molecule has 0 radical (unpaired) electrons. The van der Waals surface area contributed by atoms with Gasteiger partial charge in [-0.1, -0.05) is 36.4 Å². The predicted molar refractivity (Wildman–Crippen MR) is 79.5 cm³/mol. The number of amides is 1. The maximum atomic E-state index is 12.1. The Hall–Kier alpha value is -2.64.